The minimum atomic E-state index is 0.178. The predicted molar refractivity (Wildman–Crippen MR) is 109 cm³/mol. The zero-order valence-electron chi connectivity index (χ0n) is 17.5. The van der Waals surface area contributed by atoms with Crippen molar-refractivity contribution in [2.75, 3.05) is 79.2 Å². The number of amides is 1. The third-order valence-electron chi connectivity index (χ3n) is 5.52. The van der Waals surface area contributed by atoms with Gasteiger partial charge < -0.3 is 20.3 Å². The number of aliphatic imine (C=N–C) groups is 1. The predicted octanol–water partition coefficient (Wildman–Crippen LogP) is -0.328. The molecular formula is C19H38N6O2. The number of morpholine rings is 1. The van der Waals surface area contributed by atoms with E-state index in [0.29, 0.717) is 12.0 Å². The van der Waals surface area contributed by atoms with E-state index in [1.165, 1.54) is 0 Å². The van der Waals surface area contributed by atoms with E-state index in [0.717, 1.165) is 78.1 Å². The molecule has 27 heavy (non-hydrogen) atoms. The molecule has 2 aliphatic heterocycles. The van der Waals surface area contributed by atoms with Gasteiger partial charge in [-0.05, 0) is 5.92 Å². The van der Waals surface area contributed by atoms with Crippen LogP contribution in [0.4, 0.5) is 0 Å². The van der Waals surface area contributed by atoms with Crippen molar-refractivity contribution in [1.82, 2.24) is 25.3 Å². The van der Waals surface area contributed by atoms with Crippen LogP contribution in [0, 0.1) is 5.92 Å². The standard InChI is InChI=1S/C19H38N6O2/c1-16(2)18(25-11-13-27-14-12-25)15-22-19(20-4)21-5-6-23-7-9-24(10-8-23)17(3)26/h16,18H,5-15H2,1-4H3,(H2,20,21,22). The molecule has 1 atom stereocenters. The van der Waals surface area contributed by atoms with Gasteiger partial charge in [0.1, 0.15) is 0 Å². The molecule has 0 aliphatic carbocycles. The molecule has 156 valence electrons. The monoisotopic (exact) mass is 382 g/mol. The minimum Gasteiger partial charge on any atom is -0.379 e. The highest BCUT2D eigenvalue weighted by atomic mass is 16.5. The van der Waals surface area contributed by atoms with Crippen LogP contribution >= 0.6 is 0 Å². The molecule has 0 saturated carbocycles. The lowest BCUT2D eigenvalue weighted by Crippen LogP contribution is -2.53. The molecule has 1 unspecified atom stereocenters. The number of hydrogen-bond acceptors (Lipinski definition) is 5. The molecule has 2 aliphatic rings. The van der Waals surface area contributed by atoms with E-state index in [9.17, 15) is 4.79 Å². The van der Waals surface area contributed by atoms with Crippen molar-refractivity contribution < 1.29 is 9.53 Å². The van der Waals surface area contributed by atoms with Gasteiger partial charge in [0, 0.05) is 78.9 Å². The summed E-state index contributed by atoms with van der Waals surface area (Å²) in [6.45, 7) is 16.1. The van der Waals surface area contributed by atoms with Gasteiger partial charge in [-0.1, -0.05) is 13.8 Å². The first-order chi connectivity index (χ1) is 13.0. The van der Waals surface area contributed by atoms with Crippen molar-refractivity contribution in [3.8, 4) is 0 Å². The Morgan fingerprint density at radius 2 is 1.74 bits per heavy atom. The van der Waals surface area contributed by atoms with E-state index in [-0.39, 0.29) is 5.91 Å². The molecule has 0 radical (unpaired) electrons. The number of piperazine rings is 1. The molecule has 2 heterocycles. The van der Waals surface area contributed by atoms with Crippen molar-refractivity contribution in [2.24, 2.45) is 10.9 Å². The number of carbonyl (C=O) groups is 1. The quantitative estimate of drug-likeness (QED) is 0.464. The minimum absolute atomic E-state index is 0.178. The van der Waals surface area contributed by atoms with Crippen molar-refractivity contribution >= 4 is 11.9 Å². The fourth-order valence-electron chi connectivity index (χ4n) is 3.74. The highest BCUT2D eigenvalue weighted by Gasteiger charge is 2.24. The number of guanidine groups is 1. The van der Waals surface area contributed by atoms with Crippen molar-refractivity contribution in [3.05, 3.63) is 0 Å². The van der Waals surface area contributed by atoms with E-state index in [1.807, 2.05) is 11.9 Å². The maximum absolute atomic E-state index is 11.4. The van der Waals surface area contributed by atoms with Crippen LogP contribution in [0.1, 0.15) is 20.8 Å². The SMILES string of the molecule is CN=C(NCCN1CCN(C(C)=O)CC1)NCC(C(C)C)N1CCOCC1. The molecule has 8 heteroatoms. The fourth-order valence-corrected chi connectivity index (χ4v) is 3.74. The number of carbonyl (C=O) groups excluding carboxylic acids is 1. The Bertz CT molecular complexity index is 471. The van der Waals surface area contributed by atoms with Gasteiger partial charge in [-0.15, -0.1) is 0 Å². The van der Waals surface area contributed by atoms with Crippen LogP contribution in [-0.2, 0) is 9.53 Å². The van der Waals surface area contributed by atoms with Crippen molar-refractivity contribution in [2.45, 2.75) is 26.8 Å². The second-order valence-corrected chi connectivity index (χ2v) is 7.69. The summed E-state index contributed by atoms with van der Waals surface area (Å²) in [6, 6.07) is 0.479. The number of rotatable bonds is 7. The molecule has 0 bridgehead atoms. The molecule has 2 N–H and O–H groups in total. The summed E-state index contributed by atoms with van der Waals surface area (Å²) in [5, 5.41) is 6.91. The first-order valence-corrected chi connectivity index (χ1v) is 10.3. The smallest absolute Gasteiger partial charge is 0.219 e. The van der Waals surface area contributed by atoms with Crippen LogP contribution in [0.3, 0.4) is 0 Å². The second kappa shape index (κ2) is 11.5. The zero-order valence-corrected chi connectivity index (χ0v) is 17.5. The van der Waals surface area contributed by atoms with Gasteiger partial charge in [0.25, 0.3) is 0 Å². The van der Waals surface area contributed by atoms with Gasteiger partial charge in [0.2, 0.25) is 5.91 Å². The van der Waals surface area contributed by atoms with Crippen molar-refractivity contribution in [3.63, 3.8) is 0 Å². The van der Waals surface area contributed by atoms with Crippen molar-refractivity contribution in [1.29, 1.82) is 0 Å². The number of ether oxygens (including phenoxy) is 1. The van der Waals surface area contributed by atoms with Crippen LogP contribution in [0.15, 0.2) is 4.99 Å². The summed E-state index contributed by atoms with van der Waals surface area (Å²) in [6.07, 6.45) is 0. The average Bonchev–Trinajstić information content (AvgIpc) is 2.67. The molecule has 0 aromatic heterocycles. The van der Waals surface area contributed by atoms with Crippen LogP contribution in [-0.4, -0.2) is 112 Å². The Labute approximate surface area is 164 Å². The van der Waals surface area contributed by atoms with Crippen LogP contribution in [0.5, 0.6) is 0 Å². The summed E-state index contributed by atoms with van der Waals surface area (Å²) >= 11 is 0. The fraction of sp³-hybridized carbons (Fsp3) is 0.895. The van der Waals surface area contributed by atoms with Gasteiger partial charge in [0.15, 0.2) is 5.96 Å². The molecule has 2 saturated heterocycles. The van der Waals surface area contributed by atoms with Crippen LogP contribution in [0.2, 0.25) is 0 Å². The van der Waals surface area contributed by atoms with Gasteiger partial charge >= 0.3 is 0 Å². The largest absolute Gasteiger partial charge is 0.379 e. The van der Waals surface area contributed by atoms with Crippen LogP contribution in [0.25, 0.3) is 0 Å². The molecule has 0 aromatic rings. The Morgan fingerprint density at radius 3 is 2.30 bits per heavy atom. The third-order valence-corrected chi connectivity index (χ3v) is 5.52. The molecule has 0 aromatic carbocycles. The first kappa shape index (κ1) is 21.9. The summed E-state index contributed by atoms with van der Waals surface area (Å²) in [5.41, 5.74) is 0. The molecule has 0 spiro atoms. The summed E-state index contributed by atoms with van der Waals surface area (Å²) in [7, 11) is 1.82. The zero-order chi connectivity index (χ0) is 19.6. The summed E-state index contributed by atoms with van der Waals surface area (Å²) in [5.74, 6) is 1.61. The number of nitrogens with zero attached hydrogens (tertiary/aromatic N) is 4. The molecule has 2 fully saturated rings. The summed E-state index contributed by atoms with van der Waals surface area (Å²) < 4.78 is 5.48. The molecular weight excluding hydrogens is 344 g/mol. The Kier molecular flexibility index (Phi) is 9.30. The van der Waals surface area contributed by atoms with Gasteiger partial charge in [0.05, 0.1) is 13.2 Å². The topological polar surface area (TPSA) is 72.4 Å². The Balaban J connectivity index is 1.68. The number of hydrogen-bond donors (Lipinski definition) is 2. The Morgan fingerprint density at radius 1 is 1.07 bits per heavy atom. The third kappa shape index (κ3) is 7.27. The number of nitrogens with one attached hydrogen (secondary N) is 2. The maximum Gasteiger partial charge on any atom is 0.219 e. The molecule has 1 amide bonds. The van der Waals surface area contributed by atoms with E-state index in [1.54, 1.807) is 6.92 Å². The van der Waals surface area contributed by atoms with E-state index < -0.39 is 0 Å². The van der Waals surface area contributed by atoms with Crippen LogP contribution < -0.4 is 10.6 Å². The lowest BCUT2D eigenvalue weighted by atomic mass is 10.0. The highest BCUT2D eigenvalue weighted by molar-refractivity contribution is 5.79. The van der Waals surface area contributed by atoms with E-state index in [2.05, 4.69) is 39.3 Å². The van der Waals surface area contributed by atoms with Gasteiger partial charge in [-0.3, -0.25) is 19.6 Å². The van der Waals surface area contributed by atoms with Gasteiger partial charge in [-0.25, -0.2) is 0 Å². The lowest BCUT2D eigenvalue weighted by molar-refractivity contribution is -0.130. The van der Waals surface area contributed by atoms with E-state index >= 15 is 0 Å². The summed E-state index contributed by atoms with van der Waals surface area (Å²) in [4.78, 5) is 22.6. The normalized spacial score (nSPS) is 21.4. The van der Waals surface area contributed by atoms with Gasteiger partial charge in [-0.2, -0.15) is 0 Å². The van der Waals surface area contributed by atoms with E-state index in [4.69, 9.17) is 4.74 Å². The molecule has 2 rings (SSSR count). The second-order valence-electron chi connectivity index (χ2n) is 7.69. The first-order valence-electron chi connectivity index (χ1n) is 10.3. The lowest BCUT2D eigenvalue weighted by Gasteiger charge is -2.37. The average molecular weight is 383 g/mol. The highest BCUT2D eigenvalue weighted by Crippen LogP contribution is 2.12. The molecule has 8 nitrogen and oxygen atoms in total. The Hall–Kier alpha value is -1.38. The maximum atomic E-state index is 11.4.